The van der Waals surface area contributed by atoms with E-state index in [1.165, 1.54) is 17.3 Å². The molecule has 4 nitrogen and oxygen atoms in total. The van der Waals surface area contributed by atoms with E-state index >= 15 is 0 Å². The summed E-state index contributed by atoms with van der Waals surface area (Å²) >= 11 is 0. The summed E-state index contributed by atoms with van der Waals surface area (Å²) in [5, 5.41) is 1.03. The minimum absolute atomic E-state index is 0. The zero-order chi connectivity index (χ0) is 40.4. The normalized spacial score (nSPS) is 12.2. The molecule has 0 aliphatic rings. The van der Waals surface area contributed by atoms with Crippen LogP contribution in [0.4, 0.5) is 0 Å². The molecule has 0 saturated heterocycles. The fourth-order valence-electron chi connectivity index (χ4n) is 7.13. The largest absolute Gasteiger partial charge is 0.557 e. The third-order valence-corrected chi connectivity index (χ3v) is 9.49. The third-order valence-electron chi connectivity index (χ3n) is 9.49. The zero-order valence-electron chi connectivity index (χ0n) is 34.8. The molecule has 6 aromatic carbocycles. The Bertz CT molecular complexity index is 2760. The number of fused-ring (bicyclic) bond motifs is 2. The molecule has 0 fully saturated rings. The molecule has 1 radical (unpaired) electrons. The van der Waals surface area contributed by atoms with Gasteiger partial charge in [-0.25, -0.2) is 0 Å². The van der Waals surface area contributed by atoms with Gasteiger partial charge in [0.25, 0.3) is 0 Å². The first kappa shape index (κ1) is 34.6. The number of hydrogen-bond donors (Lipinski definition) is 0. The smallest absolute Gasteiger partial charge is 0.0774 e. The Morgan fingerprint density at radius 3 is 2.04 bits per heavy atom. The predicted molar refractivity (Wildman–Crippen MR) is 227 cm³/mol. The Kier molecular flexibility index (Phi) is 10.2. The number of pyridine rings is 1. The van der Waals surface area contributed by atoms with Crippen LogP contribution in [0.25, 0.3) is 72.6 Å². The third kappa shape index (κ3) is 8.21. The molecule has 0 aliphatic heterocycles. The van der Waals surface area contributed by atoms with Crippen molar-refractivity contribution in [3.63, 3.8) is 0 Å². The second-order valence-corrected chi connectivity index (χ2v) is 15.1. The van der Waals surface area contributed by atoms with Gasteiger partial charge in [-0.05, 0) is 77.8 Å². The Balaban J connectivity index is 0.000000262. The molecule has 0 spiro atoms. The van der Waals surface area contributed by atoms with Crippen molar-refractivity contribution < 1.29 is 28.6 Å². The molecule has 5 heteroatoms. The average Bonchev–Trinajstić information content (AvgIpc) is 3.82. The van der Waals surface area contributed by atoms with Crippen molar-refractivity contribution in [3.8, 4) is 50.6 Å². The van der Waals surface area contributed by atoms with Gasteiger partial charge in [0.2, 0.25) is 0 Å². The zero-order valence-corrected chi connectivity index (χ0v) is 34.2. The van der Waals surface area contributed by atoms with Crippen molar-refractivity contribution >= 4 is 22.0 Å². The first-order valence-electron chi connectivity index (χ1n) is 20.0. The van der Waals surface area contributed by atoms with E-state index in [0.29, 0.717) is 0 Å². The number of imidazole rings is 1. The van der Waals surface area contributed by atoms with Crippen molar-refractivity contribution in [2.45, 2.75) is 41.0 Å². The summed E-state index contributed by atoms with van der Waals surface area (Å²) < 4.78 is 30.1. The summed E-state index contributed by atoms with van der Waals surface area (Å²) in [6.07, 6.45) is 5.63. The molecular formula is C51H43IrN3O-2. The van der Waals surface area contributed by atoms with E-state index in [2.05, 4.69) is 159 Å². The number of furan rings is 1. The molecule has 0 saturated carbocycles. The number of nitrogens with zero attached hydrogens (tertiary/aromatic N) is 3. The average molecular weight is 909 g/mol. The quantitative estimate of drug-likeness (QED) is 0.156. The van der Waals surface area contributed by atoms with E-state index in [0.717, 1.165) is 79.0 Å². The van der Waals surface area contributed by atoms with Gasteiger partial charge in [0.05, 0.1) is 22.5 Å². The van der Waals surface area contributed by atoms with Crippen LogP contribution in [0.15, 0.2) is 162 Å². The molecule has 9 aromatic rings. The number of hydrogen-bond acceptors (Lipinski definition) is 3. The standard InChI is InChI=1S/C39H33N2O.C12H10N.Ir/c1-26-21-30(28-13-7-5-8-14-28)37(31(22-26)29-15-9-6-10-16-29)41-35-18-12-11-17-34(35)40-38(41)33-25-42-36-20-19-27(23-32(33)36)24-39(2,3)4;1-10-7-8-12(13-9-10)11-5-3-2-4-6-11;/h5-23H,24H2,1-4H3;2-5,7-9H,1H3;/q2*-1;/i;1D3;. The molecule has 0 aliphatic carbocycles. The fraction of sp³-hybridized carbons (Fsp3) is 0.137. The van der Waals surface area contributed by atoms with Gasteiger partial charge in [0.15, 0.2) is 0 Å². The van der Waals surface area contributed by atoms with Crippen LogP contribution >= 0.6 is 0 Å². The van der Waals surface area contributed by atoms with Gasteiger partial charge in [-0.15, -0.1) is 35.9 Å². The molecule has 3 aromatic heterocycles. The summed E-state index contributed by atoms with van der Waals surface area (Å²) in [6.45, 7) is 6.89. The SMILES string of the molecule is Cc1cc(-c2ccccc2)c(-n2c(-c3[c-]oc4ccc(CC(C)(C)C)cc34)nc3ccccc32)c(-c2ccccc2)c1.[2H]C([2H])([2H])c1ccc(-c2[c-]cccc2)nc1.[Ir]. The fourth-order valence-corrected chi connectivity index (χ4v) is 7.13. The van der Waals surface area contributed by atoms with Gasteiger partial charge in [-0.3, -0.25) is 4.98 Å². The van der Waals surface area contributed by atoms with E-state index in [1.54, 1.807) is 18.2 Å². The van der Waals surface area contributed by atoms with Gasteiger partial charge in [-0.2, -0.15) is 0 Å². The molecule has 0 N–H and O–H groups in total. The van der Waals surface area contributed by atoms with Crippen LogP contribution in [-0.2, 0) is 26.5 Å². The Morgan fingerprint density at radius 2 is 1.41 bits per heavy atom. The molecule has 0 atom stereocenters. The summed E-state index contributed by atoms with van der Waals surface area (Å²) in [4.78, 5) is 9.37. The maximum Gasteiger partial charge on any atom is 0.0774 e. The predicted octanol–water partition coefficient (Wildman–Crippen LogP) is 13.3. The Morgan fingerprint density at radius 1 is 0.732 bits per heavy atom. The molecule has 0 amide bonds. The number of benzene rings is 6. The first-order valence-corrected chi connectivity index (χ1v) is 18.5. The molecule has 0 unspecified atom stereocenters. The second kappa shape index (κ2) is 16.5. The number of aryl methyl sites for hydroxylation is 2. The maximum absolute atomic E-state index is 7.23. The molecule has 9 rings (SSSR count). The monoisotopic (exact) mass is 909 g/mol. The molecule has 279 valence electrons. The first-order chi connectivity index (χ1) is 27.9. The van der Waals surface area contributed by atoms with E-state index < -0.39 is 6.85 Å². The van der Waals surface area contributed by atoms with Gasteiger partial charge in [0, 0.05) is 53.4 Å². The maximum atomic E-state index is 7.23. The molecule has 0 bridgehead atoms. The van der Waals surface area contributed by atoms with Crippen LogP contribution in [-0.4, -0.2) is 14.5 Å². The number of rotatable bonds is 6. The molecule has 3 heterocycles. The minimum Gasteiger partial charge on any atom is -0.557 e. The molecular weight excluding hydrogens is 863 g/mol. The van der Waals surface area contributed by atoms with E-state index in [4.69, 9.17) is 13.5 Å². The van der Waals surface area contributed by atoms with E-state index in [1.807, 2.05) is 24.3 Å². The number of aromatic nitrogens is 3. The Labute approximate surface area is 347 Å². The van der Waals surface area contributed by atoms with Crippen molar-refractivity contribution in [2.75, 3.05) is 0 Å². The summed E-state index contributed by atoms with van der Waals surface area (Å²) in [6, 6.07) is 54.5. The second-order valence-electron chi connectivity index (χ2n) is 15.1. The van der Waals surface area contributed by atoms with Crippen molar-refractivity contribution in [1.82, 2.24) is 14.5 Å². The summed E-state index contributed by atoms with van der Waals surface area (Å²) in [5.74, 6) is 0.820. The van der Waals surface area contributed by atoms with Gasteiger partial charge in [0.1, 0.15) is 0 Å². The van der Waals surface area contributed by atoms with E-state index in [9.17, 15) is 0 Å². The topological polar surface area (TPSA) is 43.9 Å². The van der Waals surface area contributed by atoms with Gasteiger partial charge in [-0.1, -0.05) is 140 Å². The van der Waals surface area contributed by atoms with Crippen molar-refractivity contribution in [3.05, 3.63) is 187 Å². The van der Waals surface area contributed by atoms with Gasteiger partial charge >= 0.3 is 0 Å². The van der Waals surface area contributed by atoms with Crippen LogP contribution < -0.4 is 0 Å². The minimum atomic E-state index is -2.09. The van der Waals surface area contributed by atoms with Crippen molar-refractivity contribution in [1.29, 1.82) is 0 Å². The number of para-hydroxylation sites is 2. The summed E-state index contributed by atoms with van der Waals surface area (Å²) in [5.41, 5.74) is 13.9. The molecule has 56 heavy (non-hydrogen) atoms. The van der Waals surface area contributed by atoms with Crippen LogP contribution in [0.1, 0.15) is 41.6 Å². The van der Waals surface area contributed by atoms with Crippen LogP contribution in [0.5, 0.6) is 0 Å². The van der Waals surface area contributed by atoms with Crippen LogP contribution in [0.3, 0.4) is 0 Å². The van der Waals surface area contributed by atoms with Crippen LogP contribution in [0.2, 0.25) is 0 Å². The van der Waals surface area contributed by atoms with Gasteiger partial charge < -0.3 is 14.0 Å². The van der Waals surface area contributed by atoms with E-state index in [-0.39, 0.29) is 31.1 Å². The van der Waals surface area contributed by atoms with Crippen LogP contribution in [0, 0.1) is 31.5 Å². The summed E-state index contributed by atoms with van der Waals surface area (Å²) in [7, 11) is 0. The Hall–Kier alpha value is -5.87. The van der Waals surface area contributed by atoms with Crippen molar-refractivity contribution in [2.24, 2.45) is 5.41 Å².